The lowest BCUT2D eigenvalue weighted by Crippen LogP contribution is -2.32. The molecule has 1 amide bonds. The SMILES string of the molecule is CS(=O)(=O)c1cc([C@H](C[C@H]2COC(=O)O2)NC(=O)c2cncc3c2cnn3-c2ccc(F)cc2)ccn1. The molecule has 1 aliphatic heterocycles. The quantitative estimate of drug-likeness (QED) is 0.360. The summed E-state index contributed by atoms with van der Waals surface area (Å²) in [7, 11) is -3.61. The standard InChI is InChI=1S/C24H20FN5O6S/c1-37(33,34)22-8-14(6-7-27-22)20(9-17-13-35-24(32)36-17)29-23(31)19-10-26-12-21-18(19)11-28-30(21)16-4-2-15(25)3-5-16/h2-8,10-12,17,20H,9,13H2,1H3,(H,29,31)/t17-,20-/m0/s1. The lowest BCUT2D eigenvalue weighted by atomic mass is 10.0. The lowest BCUT2D eigenvalue weighted by Gasteiger charge is -2.21. The van der Waals surface area contributed by atoms with Gasteiger partial charge in [-0.25, -0.2) is 27.3 Å². The van der Waals surface area contributed by atoms with Crippen molar-refractivity contribution in [3.63, 3.8) is 0 Å². The molecule has 0 aliphatic carbocycles. The van der Waals surface area contributed by atoms with Gasteiger partial charge in [0.05, 0.1) is 35.2 Å². The highest BCUT2D eigenvalue weighted by Gasteiger charge is 2.30. The molecule has 4 heterocycles. The molecule has 1 aromatic carbocycles. The second-order valence-corrected chi connectivity index (χ2v) is 10.4. The van der Waals surface area contributed by atoms with Crippen molar-refractivity contribution >= 4 is 32.8 Å². The number of hydrogen-bond acceptors (Lipinski definition) is 9. The Kier molecular flexibility index (Phi) is 6.29. The van der Waals surface area contributed by atoms with Crippen molar-refractivity contribution in [3.8, 4) is 5.69 Å². The Labute approximate surface area is 210 Å². The molecule has 0 saturated carbocycles. The van der Waals surface area contributed by atoms with Crippen molar-refractivity contribution in [2.24, 2.45) is 0 Å². The Morgan fingerprint density at radius 3 is 2.70 bits per heavy atom. The maximum atomic E-state index is 13.4. The van der Waals surface area contributed by atoms with Crippen LogP contribution in [0.15, 0.2) is 66.2 Å². The van der Waals surface area contributed by atoms with E-state index in [-0.39, 0.29) is 23.6 Å². The van der Waals surface area contributed by atoms with Crippen LogP contribution in [0.5, 0.6) is 0 Å². The maximum absolute atomic E-state index is 13.4. The third-order valence-electron chi connectivity index (χ3n) is 5.81. The number of rotatable bonds is 7. The van der Waals surface area contributed by atoms with Crippen LogP contribution in [0.1, 0.15) is 28.4 Å². The fourth-order valence-corrected chi connectivity index (χ4v) is 4.62. The van der Waals surface area contributed by atoms with Crippen LogP contribution in [0.3, 0.4) is 0 Å². The molecule has 3 aromatic heterocycles. The van der Waals surface area contributed by atoms with E-state index in [1.165, 1.54) is 47.7 Å². The van der Waals surface area contributed by atoms with Gasteiger partial charge in [-0.3, -0.25) is 9.78 Å². The molecule has 1 aliphatic rings. The Bertz CT molecular complexity index is 1610. The molecule has 5 rings (SSSR count). The number of carbonyl (C=O) groups is 2. The van der Waals surface area contributed by atoms with Gasteiger partial charge in [-0.2, -0.15) is 5.10 Å². The summed E-state index contributed by atoms with van der Waals surface area (Å²) in [6.07, 6.45) is 5.46. The highest BCUT2D eigenvalue weighted by Crippen LogP contribution is 2.26. The predicted octanol–water partition coefficient (Wildman–Crippen LogP) is 2.75. The van der Waals surface area contributed by atoms with Crippen LogP contribution < -0.4 is 5.32 Å². The van der Waals surface area contributed by atoms with E-state index in [1.807, 2.05) is 0 Å². The van der Waals surface area contributed by atoms with Gasteiger partial charge in [0.2, 0.25) is 0 Å². The summed E-state index contributed by atoms with van der Waals surface area (Å²) in [4.78, 5) is 32.9. The van der Waals surface area contributed by atoms with Crippen LogP contribution in [0.25, 0.3) is 16.6 Å². The summed E-state index contributed by atoms with van der Waals surface area (Å²) in [5.41, 5.74) is 1.78. The number of benzene rings is 1. The minimum atomic E-state index is -3.61. The summed E-state index contributed by atoms with van der Waals surface area (Å²) >= 11 is 0. The van der Waals surface area contributed by atoms with Crippen molar-refractivity contribution in [2.45, 2.75) is 23.6 Å². The molecule has 190 valence electrons. The zero-order chi connectivity index (χ0) is 26.2. The number of hydrogen-bond donors (Lipinski definition) is 1. The van der Waals surface area contributed by atoms with E-state index in [0.717, 1.165) is 6.26 Å². The third-order valence-corrected chi connectivity index (χ3v) is 6.79. The van der Waals surface area contributed by atoms with Gasteiger partial charge < -0.3 is 14.8 Å². The summed E-state index contributed by atoms with van der Waals surface area (Å²) < 4.78 is 49.0. The highest BCUT2D eigenvalue weighted by atomic mass is 32.2. The number of ether oxygens (including phenoxy) is 2. The molecule has 1 fully saturated rings. The van der Waals surface area contributed by atoms with Crippen molar-refractivity contribution in [2.75, 3.05) is 12.9 Å². The van der Waals surface area contributed by atoms with Gasteiger partial charge in [-0.05, 0) is 42.0 Å². The van der Waals surface area contributed by atoms with E-state index in [9.17, 15) is 22.4 Å². The molecular weight excluding hydrogens is 505 g/mol. The minimum absolute atomic E-state index is 0.00318. The fourth-order valence-electron chi connectivity index (χ4n) is 4.01. The number of aromatic nitrogens is 4. The minimum Gasteiger partial charge on any atom is -0.430 e. The average molecular weight is 526 g/mol. The molecule has 37 heavy (non-hydrogen) atoms. The van der Waals surface area contributed by atoms with Crippen LogP contribution >= 0.6 is 0 Å². The number of nitrogens with one attached hydrogen (secondary N) is 1. The first-order chi connectivity index (χ1) is 17.7. The molecule has 11 nitrogen and oxygen atoms in total. The molecule has 2 atom stereocenters. The molecule has 0 unspecified atom stereocenters. The second-order valence-electron chi connectivity index (χ2n) is 8.41. The van der Waals surface area contributed by atoms with Crippen LogP contribution in [-0.4, -0.2) is 59.2 Å². The van der Waals surface area contributed by atoms with E-state index >= 15 is 0 Å². The van der Waals surface area contributed by atoms with Gasteiger partial charge in [-0.15, -0.1) is 0 Å². The molecule has 0 radical (unpaired) electrons. The first-order valence-corrected chi connectivity index (χ1v) is 13.0. The zero-order valence-electron chi connectivity index (χ0n) is 19.4. The second kappa shape index (κ2) is 9.58. The number of cyclic esters (lactones) is 2. The van der Waals surface area contributed by atoms with E-state index < -0.39 is 39.9 Å². The first-order valence-electron chi connectivity index (χ1n) is 11.1. The molecule has 1 N–H and O–H groups in total. The number of amides is 1. The number of fused-ring (bicyclic) bond motifs is 1. The molecule has 1 saturated heterocycles. The molecule has 0 bridgehead atoms. The number of nitrogens with zero attached hydrogens (tertiary/aromatic N) is 4. The normalized spacial score (nSPS) is 16.3. The maximum Gasteiger partial charge on any atom is 0.508 e. The van der Waals surface area contributed by atoms with Crippen molar-refractivity contribution < 1.29 is 31.9 Å². The molecule has 4 aromatic rings. The summed E-state index contributed by atoms with van der Waals surface area (Å²) in [6, 6.07) is 7.90. The number of halogens is 1. The Hall–Kier alpha value is -4.39. The largest absolute Gasteiger partial charge is 0.508 e. The van der Waals surface area contributed by atoms with E-state index in [2.05, 4.69) is 20.4 Å². The first kappa shape index (κ1) is 24.3. The van der Waals surface area contributed by atoms with E-state index in [4.69, 9.17) is 9.47 Å². The van der Waals surface area contributed by atoms with E-state index in [0.29, 0.717) is 22.2 Å². The Balaban J connectivity index is 1.48. The smallest absolute Gasteiger partial charge is 0.430 e. The van der Waals surface area contributed by atoms with Crippen molar-refractivity contribution in [1.82, 2.24) is 25.1 Å². The Morgan fingerprint density at radius 2 is 2.00 bits per heavy atom. The topological polar surface area (TPSA) is 142 Å². The molecule has 0 spiro atoms. The number of pyridine rings is 2. The van der Waals surface area contributed by atoms with Gasteiger partial charge in [0.15, 0.2) is 14.9 Å². The predicted molar refractivity (Wildman–Crippen MR) is 127 cm³/mol. The zero-order valence-corrected chi connectivity index (χ0v) is 20.2. The average Bonchev–Trinajstić information content (AvgIpc) is 3.49. The van der Waals surface area contributed by atoms with Gasteiger partial charge in [0, 0.05) is 30.5 Å². The Morgan fingerprint density at radius 1 is 1.22 bits per heavy atom. The summed E-state index contributed by atoms with van der Waals surface area (Å²) in [5.74, 6) is -0.900. The van der Waals surface area contributed by atoms with Gasteiger partial charge in [0.1, 0.15) is 18.5 Å². The number of carbonyl (C=O) groups excluding carboxylic acids is 2. The van der Waals surface area contributed by atoms with Gasteiger partial charge in [0.25, 0.3) is 5.91 Å². The molecular formula is C24H20FN5O6S. The van der Waals surface area contributed by atoms with E-state index in [1.54, 1.807) is 18.2 Å². The monoisotopic (exact) mass is 525 g/mol. The number of sulfone groups is 1. The van der Waals surface area contributed by atoms with Crippen molar-refractivity contribution in [1.29, 1.82) is 0 Å². The van der Waals surface area contributed by atoms with Crippen LogP contribution in [0.2, 0.25) is 0 Å². The van der Waals surface area contributed by atoms with Crippen LogP contribution in [0, 0.1) is 5.82 Å². The highest BCUT2D eigenvalue weighted by molar-refractivity contribution is 7.90. The summed E-state index contributed by atoms with van der Waals surface area (Å²) in [6.45, 7) is -0.00318. The van der Waals surface area contributed by atoms with Crippen molar-refractivity contribution in [3.05, 3.63) is 78.1 Å². The van der Waals surface area contributed by atoms with Gasteiger partial charge >= 0.3 is 6.16 Å². The fraction of sp³-hybridized carbons (Fsp3) is 0.208. The molecule has 13 heteroatoms. The summed E-state index contributed by atoms with van der Waals surface area (Å²) in [5, 5.41) is 7.55. The third kappa shape index (κ3) is 5.11. The van der Waals surface area contributed by atoms with Gasteiger partial charge in [-0.1, -0.05) is 0 Å². The lowest BCUT2D eigenvalue weighted by molar-refractivity contribution is 0.0912. The van der Waals surface area contributed by atoms with Crippen LogP contribution in [0.4, 0.5) is 9.18 Å². The van der Waals surface area contributed by atoms with Crippen LogP contribution in [-0.2, 0) is 19.3 Å².